The first kappa shape index (κ1) is 9.93. The molecule has 2 aromatic rings. The summed E-state index contributed by atoms with van der Waals surface area (Å²) in [5, 5.41) is 15.9. The van der Waals surface area contributed by atoms with Crippen LogP contribution in [-0.2, 0) is 6.42 Å². The molecule has 0 saturated carbocycles. The van der Waals surface area contributed by atoms with Gasteiger partial charge in [0.15, 0.2) is 0 Å². The smallest absolute Gasteiger partial charge is 0.0683 e. The molecule has 3 heteroatoms. The van der Waals surface area contributed by atoms with Gasteiger partial charge in [0.25, 0.3) is 0 Å². The molecule has 15 heavy (non-hydrogen) atoms. The van der Waals surface area contributed by atoms with Gasteiger partial charge in [0.2, 0.25) is 0 Å². The van der Waals surface area contributed by atoms with Crippen LogP contribution in [0.15, 0.2) is 30.5 Å². The van der Waals surface area contributed by atoms with Crippen molar-refractivity contribution in [3.05, 3.63) is 41.6 Å². The predicted octanol–water partition coefficient (Wildman–Crippen LogP) is 1.92. The molecule has 1 aromatic carbocycles. The van der Waals surface area contributed by atoms with Gasteiger partial charge in [-0.25, -0.2) is 0 Å². The first-order chi connectivity index (χ1) is 7.31. The van der Waals surface area contributed by atoms with Crippen molar-refractivity contribution in [1.29, 1.82) is 0 Å². The molecule has 0 atom stereocenters. The number of aliphatic hydroxyl groups excluding tert-OH is 1. The quantitative estimate of drug-likeness (QED) is 0.798. The van der Waals surface area contributed by atoms with Crippen LogP contribution < -0.4 is 0 Å². The van der Waals surface area contributed by atoms with Gasteiger partial charge in [-0.3, -0.25) is 5.10 Å². The molecule has 0 unspecified atom stereocenters. The van der Waals surface area contributed by atoms with Crippen LogP contribution in [0.4, 0.5) is 0 Å². The van der Waals surface area contributed by atoms with Crippen molar-refractivity contribution in [3.63, 3.8) is 0 Å². The fraction of sp³-hybridized carbons (Fsp3) is 0.250. The van der Waals surface area contributed by atoms with Crippen LogP contribution in [0, 0.1) is 6.92 Å². The van der Waals surface area contributed by atoms with Crippen molar-refractivity contribution in [3.8, 4) is 11.3 Å². The van der Waals surface area contributed by atoms with Crippen LogP contribution in [0.5, 0.6) is 0 Å². The average Bonchev–Trinajstić information content (AvgIpc) is 2.68. The van der Waals surface area contributed by atoms with Crippen molar-refractivity contribution < 1.29 is 5.11 Å². The van der Waals surface area contributed by atoms with Gasteiger partial charge < -0.3 is 5.11 Å². The first-order valence-electron chi connectivity index (χ1n) is 5.01. The SMILES string of the molecule is Cc1ccc(-c2[nH]ncc2CCO)cc1. The number of benzene rings is 1. The molecule has 0 aliphatic heterocycles. The van der Waals surface area contributed by atoms with E-state index in [-0.39, 0.29) is 6.61 Å². The summed E-state index contributed by atoms with van der Waals surface area (Å²) in [7, 11) is 0. The number of aromatic nitrogens is 2. The monoisotopic (exact) mass is 202 g/mol. The maximum atomic E-state index is 8.91. The number of aliphatic hydroxyl groups is 1. The summed E-state index contributed by atoms with van der Waals surface area (Å²) < 4.78 is 0. The Hall–Kier alpha value is -1.61. The lowest BCUT2D eigenvalue weighted by Gasteiger charge is -2.02. The van der Waals surface area contributed by atoms with Crippen LogP contribution in [0.2, 0.25) is 0 Å². The molecule has 0 spiro atoms. The van der Waals surface area contributed by atoms with Crippen LogP contribution in [0.3, 0.4) is 0 Å². The number of hydrogen-bond acceptors (Lipinski definition) is 2. The maximum Gasteiger partial charge on any atom is 0.0683 e. The van der Waals surface area contributed by atoms with Crippen molar-refractivity contribution in [2.24, 2.45) is 0 Å². The third-order valence-corrected chi connectivity index (χ3v) is 2.44. The number of H-pyrrole nitrogens is 1. The Bertz CT molecular complexity index is 431. The molecular formula is C12H14N2O. The topological polar surface area (TPSA) is 48.9 Å². The predicted molar refractivity (Wildman–Crippen MR) is 59.6 cm³/mol. The zero-order chi connectivity index (χ0) is 10.7. The number of nitrogens with zero attached hydrogens (tertiary/aromatic N) is 1. The van der Waals surface area contributed by atoms with E-state index in [9.17, 15) is 0 Å². The minimum Gasteiger partial charge on any atom is -0.396 e. The number of aromatic amines is 1. The third kappa shape index (κ3) is 2.07. The molecule has 2 N–H and O–H groups in total. The largest absolute Gasteiger partial charge is 0.396 e. The molecule has 0 fully saturated rings. The first-order valence-corrected chi connectivity index (χ1v) is 5.01. The molecule has 0 aliphatic rings. The maximum absolute atomic E-state index is 8.91. The Kier molecular flexibility index (Phi) is 2.83. The normalized spacial score (nSPS) is 10.5. The highest BCUT2D eigenvalue weighted by molar-refractivity contribution is 5.62. The van der Waals surface area contributed by atoms with Gasteiger partial charge in [-0.15, -0.1) is 0 Å². The van der Waals surface area contributed by atoms with E-state index in [1.165, 1.54) is 5.56 Å². The van der Waals surface area contributed by atoms with Crippen LogP contribution in [0.1, 0.15) is 11.1 Å². The number of hydrogen-bond donors (Lipinski definition) is 2. The van der Waals surface area contributed by atoms with Gasteiger partial charge >= 0.3 is 0 Å². The van der Waals surface area contributed by atoms with Crippen LogP contribution >= 0.6 is 0 Å². The minimum atomic E-state index is 0.151. The Morgan fingerprint density at radius 3 is 2.67 bits per heavy atom. The molecule has 0 aliphatic carbocycles. The zero-order valence-electron chi connectivity index (χ0n) is 8.70. The molecule has 2 rings (SSSR count). The van der Waals surface area contributed by atoms with E-state index in [2.05, 4.69) is 41.4 Å². The van der Waals surface area contributed by atoms with Crippen molar-refractivity contribution in [2.45, 2.75) is 13.3 Å². The standard InChI is InChI=1S/C12H14N2O/c1-9-2-4-10(5-3-9)12-11(6-7-15)8-13-14-12/h2-5,8,15H,6-7H2,1H3,(H,13,14). The van der Waals surface area contributed by atoms with E-state index in [0.29, 0.717) is 6.42 Å². The Labute approximate surface area is 88.8 Å². The third-order valence-electron chi connectivity index (χ3n) is 2.44. The Morgan fingerprint density at radius 1 is 1.27 bits per heavy atom. The molecular weight excluding hydrogens is 188 g/mol. The number of nitrogens with one attached hydrogen (secondary N) is 1. The van der Waals surface area contributed by atoms with E-state index < -0.39 is 0 Å². The highest BCUT2D eigenvalue weighted by Crippen LogP contribution is 2.21. The molecule has 78 valence electrons. The van der Waals surface area contributed by atoms with Gasteiger partial charge in [-0.2, -0.15) is 5.10 Å². The number of aryl methyl sites for hydroxylation is 1. The fourth-order valence-electron chi connectivity index (χ4n) is 1.59. The lowest BCUT2D eigenvalue weighted by Crippen LogP contribution is -1.91. The van der Waals surface area contributed by atoms with Crippen LogP contribution in [0.25, 0.3) is 11.3 Å². The molecule has 0 bridgehead atoms. The van der Waals surface area contributed by atoms with Crippen LogP contribution in [-0.4, -0.2) is 21.9 Å². The molecule has 1 heterocycles. The van der Waals surface area contributed by atoms with Gasteiger partial charge in [0.1, 0.15) is 0 Å². The van der Waals surface area contributed by atoms with E-state index in [1.54, 1.807) is 6.20 Å². The van der Waals surface area contributed by atoms with Gasteiger partial charge in [0, 0.05) is 12.2 Å². The highest BCUT2D eigenvalue weighted by Gasteiger charge is 2.06. The molecule has 3 nitrogen and oxygen atoms in total. The van der Waals surface area contributed by atoms with E-state index >= 15 is 0 Å². The summed E-state index contributed by atoms with van der Waals surface area (Å²) in [6.45, 7) is 2.21. The van der Waals surface area contributed by atoms with E-state index in [1.807, 2.05) is 0 Å². The summed E-state index contributed by atoms with van der Waals surface area (Å²) in [4.78, 5) is 0. The zero-order valence-corrected chi connectivity index (χ0v) is 8.70. The van der Waals surface area contributed by atoms with E-state index in [4.69, 9.17) is 5.11 Å². The lowest BCUT2D eigenvalue weighted by atomic mass is 10.1. The Morgan fingerprint density at radius 2 is 2.00 bits per heavy atom. The van der Waals surface area contributed by atoms with E-state index in [0.717, 1.165) is 16.8 Å². The highest BCUT2D eigenvalue weighted by atomic mass is 16.2. The fourth-order valence-corrected chi connectivity index (χ4v) is 1.59. The van der Waals surface area contributed by atoms with Gasteiger partial charge in [0.05, 0.1) is 11.9 Å². The second-order valence-electron chi connectivity index (χ2n) is 3.61. The second kappa shape index (κ2) is 4.28. The van der Waals surface area contributed by atoms with Crippen molar-refractivity contribution in [1.82, 2.24) is 10.2 Å². The average molecular weight is 202 g/mol. The van der Waals surface area contributed by atoms with Crippen molar-refractivity contribution >= 4 is 0 Å². The molecule has 0 radical (unpaired) electrons. The number of rotatable bonds is 3. The summed E-state index contributed by atoms with van der Waals surface area (Å²) in [5.41, 5.74) is 4.41. The molecule has 0 saturated heterocycles. The van der Waals surface area contributed by atoms with Gasteiger partial charge in [-0.1, -0.05) is 29.8 Å². The molecule has 0 amide bonds. The minimum absolute atomic E-state index is 0.151. The summed E-state index contributed by atoms with van der Waals surface area (Å²) in [6, 6.07) is 8.26. The Balaban J connectivity index is 2.36. The second-order valence-corrected chi connectivity index (χ2v) is 3.61. The lowest BCUT2D eigenvalue weighted by molar-refractivity contribution is 0.300. The van der Waals surface area contributed by atoms with Gasteiger partial charge in [-0.05, 0) is 18.9 Å². The summed E-state index contributed by atoms with van der Waals surface area (Å²) in [6.07, 6.45) is 2.41. The summed E-state index contributed by atoms with van der Waals surface area (Å²) >= 11 is 0. The van der Waals surface area contributed by atoms with Crippen molar-refractivity contribution in [2.75, 3.05) is 6.61 Å². The molecule has 1 aromatic heterocycles. The summed E-state index contributed by atoms with van der Waals surface area (Å²) in [5.74, 6) is 0.